The molecule has 0 fully saturated rings. The Bertz CT molecular complexity index is 745. The lowest BCUT2D eigenvalue weighted by Crippen LogP contribution is -2.12. The van der Waals surface area contributed by atoms with E-state index in [4.69, 9.17) is 5.73 Å². The first-order valence-corrected chi connectivity index (χ1v) is 6.69. The first-order chi connectivity index (χ1) is 9.63. The van der Waals surface area contributed by atoms with Gasteiger partial charge in [0.1, 0.15) is 0 Å². The molecule has 0 bridgehead atoms. The molecule has 3 heteroatoms. The summed E-state index contributed by atoms with van der Waals surface area (Å²) in [5, 5.41) is 1.13. The van der Waals surface area contributed by atoms with Gasteiger partial charge in [0.2, 0.25) is 0 Å². The third-order valence-corrected chi connectivity index (χ3v) is 3.45. The molecule has 2 N–H and O–H groups in total. The van der Waals surface area contributed by atoms with E-state index in [1.165, 1.54) is 0 Å². The molecule has 3 aromatic rings. The molecule has 0 amide bonds. The molecule has 0 saturated heterocycles. The van der Waals surface area contributed by atoms with Crippen LogP contribution in [0.25, 0.3) is 10.9 Å². The van der Waals surface area contributed by atoms with Crippen molar-refractivity contribution in [3.63, 3.8) is 0 Å². The number of aromatic nitrogens is 2. The third-order valence-electron chi connectivity index (χ3n) is 3.45. The molecule has 20 heavy (non-hydrogen) atoms. The monoisotopic (exact) mass is 263 g/mol. The second-order valence-electron chi connectivity index (χ2n) is 5.12. The summed E-state index contributed by atoms with van der Waals surface area (Å²) in [5.74, 6) is 0. The van der Waals surface area contributed by atoms with Crippen molar-refractivity contribution in [2.24, 2.45) is 5.73 Å². The maximum atomic E-state index is 6.39. The van der Waals surface area contributed by atoms with E-state index in [1.54, 1.807) is 6.20 Å². The molecule has 1 aromatic carbocycles. The van der Waals surface area contributed by atoms with Crippen molar-refractivity contribution >= 4 is 10.9 Å². The molecule has 0 radical (unpaired) electrons. The van der Waals surface area contributed by atoms with Crippen molar-refractivity contribution in [1.82, 2.24) is 9.97 Å². The van der Waals surface area contributed by atoms with Crippen LogP contribution in [0.2, 0.25) is 0 Å². The molecular formula is C17H17N3. The number of fused-ring (bicyclic) bond motifs is 1. The molecule has 0 spiro atoms. The maximum Gasteiger partial charge on any atom is 0.0705 e. The van der Waals surface area contributed by atoms with E-state index < -0.39 is 0 Å². The highest BCUT2D eigenvalue weighted by molar-refractivity contribution is 5.79. The lowest BCUT2D eigenvalue weighted by molar-refractivity contribution is 0.861. The zero-order chi connectivity index (χ0) is 14.1. The van der Waals surface area contributed by atoms with Gasteiger partial charge in [-0.05, 0) is 49.2 Å². The molecule has 0 aliphatic heterocycles. The van der Waals surface area contributed by atoms with Crippen LogP contribution in [0.3, 0.4) is 0 Å². The molecule has 0 aliphatic carbocycles. The SMILES string of the molecule is Cc1cc(C(N)c2ccc3cccnc3c2)cc(C)n1. The second kappa shape index (κ2) is 5.02. The summed E-state index contributed by atoms with van der Waals surface area (Å²) in [5.41, 5.74) is 11.5. The number of hydrogen-bond acceptors (Lipinski definition) is 3. The minimum atomic E-state index is -0.151. The Morgan fingerprint density at radius 2 is 1.70 bits per heavy atom. The number of pyridine rings is 2. The number of aryl methyl sites for hydroxylation is 2. The van der Waals surface area contributed by atoms with Crippen LogP contribution < -0.4 is 5.73 Å². The summed E-state index contributed by atoms with van der Waals surface area (Å²) in [6.45, 7) is 3.98. The predicted octanol–water partition coefficient (Wildman–Crippen LogP) is 3.29. The van der Waals surface area contributed by atoms with Gasteiger partial charge < -0.3 is 5.73 Å². The summed E-state index contributed by atoms with van der Waals surface area (Å²) >= 11 is 0. The molecule has 2 aromatic heterocycles. The van der Waals surface area contributed by atoms with Crippen LogP contribution >= 0.6 is 0 Å². The zero-order valence-electron chi connectivity index (χ0n) is 11.7. The fraction of sp³-hybridized carbons (Fsp3) is 0.176. The highest BCUT2D eigenvalue weighted by Crippen LogP contribution is 2.23. The number of rotatable bonds is 2. The van der Waals surface area contributed by atoms with Crippen molar-refractivity contribution in [2.75, 3.05) is 0 Å². The molecule has 2 heterocycles. The Morgan fingerprint density at radius 1 is 0.950 bits per heavy atom. The van der Waals surface area contributed by atoms with Gasteiger partial charge in [-0.15, -0.1) is 0 Å². The average molecular weight is 263 g/mol. The van der Waals surface area contributed by atoms with Gasteiger partial charge >= 0.3 is 0 Å². The summed E-state index contributed by atoms with van der Waals surface area (Å²) < 4.78 is 0. The van der Waals surface area contributed by atoms with Crippen LogP contribution in [0.15, 0.2) is 48.7 Å². The quantitative estimate of drug-likeness (QED) is 0.771. The normalized spacial score (nSPS) is 12.6. The van der Waals surface area contributed by atoms with E-state index in [1.807, 2.05) is 32.0 Å². The molecule has 3 nitrogen and oxygen atoms in total. The van der Waals surface area contributed by atoms with E-state index in [-0.39, 0.29) is 6.04 Å². The number of benzene rings is 1. The highest BCUT2D eigenvalue weighted by Gasteiger charge is 2.11. The molecular weight excluding hydrogens is 246 g/mol. The summed E-state index contributed by atoms with van der Waals surface area (Å²) in [6.07, 6.45) is 1.80. The number of nitrogens with zero attached hydrogens (tertiary/aromatic N) is 2. The zero-order valence-corrected chi connectivity index (χ0v) is 11.7. The van der Waals surface area contributed by atoms with Crippen molar-refractivity contribution < 1.29 is 0 Å². The lowest BCUT2D eigenvalue weighted by atomic mass is 9.98. The fourth-order valence-corrected chi connectivity index (χ4v) is 2.52. The van der Waals surface area contributed by atoms with Gasteiger partial charge in [-0.3, -0.25) is 9.97 Å². The third kappa shape index (κ3) is 2.40. The van der Waals surface area contributed by atoms with Gasteiger partial charge in [-0.25, -0.2) is 0 Å². The standard InChI is InChI=1S/C17H17N3/c1-11-8-15(9-12(2)20-11)17(18)14-6-5-13-4-3-7-19-16(13)10-14/h3-10,17H,18H2,1-2H3. The second-order valence-corrected chi connectivity index (χ2v) is 5.12. The minimum absolute atomic E-state index is 0.151. The molecule has 1 unspecified atom stereocenters. The van der Waals surface area contributed by atoms with Crippen LogP contribution in [0, 0.1) is 13.8 Å². The molecule has 1 atom stereocenters. The van der Waals surface area contributed by atoms with E-state index in [0.29, 0.717) is 0 Å². The van der Waals surface area contributed by atoms with Gasteiger partial charge in [0.25, 0.3) is 0 Å². The van der Waals surface area contributed by atoms with Gasteiger partial charge in [0.15, 0.2) is 0 Å². The van der Waals surface area contributed by atoms with Gasteiger partial charge in [-0.2, -0.15) is 0 Å². The Labute approximate surface area is 118 Å². The Kier molecular flexibility index (Phi) is 3.20. The van der Waals surface area contributed by atoms with Crippen LogP contribution in [0.4, 0.5) is 0 Å². The van der Waals surface area contributed by atoms with Crippen LogP contribution in [0.1, 0.15) is 28.6 Å². The maximum absolute atomic E-state index is 6.39. The largest absolute Gasteiger partial charge is 0.320 e. The topological polar surface area (TPSA) is 51.8 Å². The summed E-state index contributed by atoms with van der Waals surface area (Å²) in [7, 11) is 0. The fourth-order valence-electron chi connectivity index (χ4n) is 2.52. The number of nitrogens with two attached hydrogens (primary N) is 1. The Morgan fingerprint density at radius 3 is 2.45 bits per heavy atom. The van der Waals surface area contributed by atoms with E-state index in [9.17, 15) is 0 Å². The average Bonchev–Trinajstić information content (AvgIpc) is 2.45. The van der Waals surface area contributed by atoms with Crippen LogP contribution in [-0.2, 0) is 0 Å². The Hall–Kier alpha value is -2.26. The number of hydrogen-bond donors (Lipinski definition) is 1. The van der Waals surface area contributed by atoms with Gasteiger partial charge in [0, 0.05) is 23.0 Å². The van der Waals surface area contributed by atoms with Crippen molar-refractivity contribution in [2.45, 2.75) is 19.9 Å². The predicted molar refractivity (Wildman–Crippen MR) is 81.5 cm³/mol. The van der Waals surface area contributed by atoms with Crippen LogP contribution in [-0.4, -0.2) is 9.97 Å². The van der Waals surface area contributed by atoms with Crippen LogP contribution in [0.5, 0.6) is 0 Å². The Balaban J connectivity index is 2.05. The first-order valence-electron chi connectivity index (χ1n) is 6.69. The smallest absolute Gasteiger partial charge is 0.0705 e. The minimum Gasteiger partial charge on any atom is -0.320 e. The van der Waals surface area contributed by atoms with E-state index in [2.05, 4.69) is 34.2 Å². The van der Waals surface area contributed by atoms with Crippen molar-refractivity contribution in [3.05, 3.63) is 71.2 Å². The molecule has 3 rings (SSSR count). The highest BCUT2D eigenvalue weighted by atomic mass is 14.7. The summed E-state index contributed by atoms with van der Waals surface area (Å²) in [6, 6.07) is 14.1. The van der Waals surface area contributed by atoms with Crippen molar-refractivity contribution in [3.8, 4) is 0 Å². The first kappa shape index (κ1) is 12.8. The summed E-state index contributed by atoms with van der Waals surface area (Å²) in [4.78, 5) is 8.78. The molecule has 100 valence electrons. The van der Waals surface area contributed by atoms with Gasteiger partial charge in [0.05, 0.1) is 11.6 Å². The van der Waals surface area contributed by atoms with Crippen molar-refractivity contribution in [1.29, 1.82) is 0 Å². The van der Waals surface area contributed by atoms with E-state index in [0.717, 1.165) is 33.4 Å². The molecule has 0 aliphatic rings. The lowest BCUT2D eigenvalue weighted by Gasteiger charge is -2.14. The molecule has 0 saturated carbocycles. The van der Waals surface area contributed by atoms with Gasteiger partial charge in [-0.1, -0.05) is 18.2 Å². The van der Waals surface area contributed by atoms with E-state index >= 15 is 0 Å².